The number of thioether (sulfide) groups is 1. The molecule has 0 unspecified atom stereocenters. The quantitative estimate of drug-likeness (QED) is 0.322. The van der Waals surface area contributed by atoms with Crippen LogP contribution < -0.4 is 4.74 Å². The molecule has 0 aliphatic carbocycles. The summed E-state index contributed by atoms with van der Waals surface area (Å²) in [6.07, 6.45) is 0. The van der Waals surface area contributed by atoms with Gasteiger partial charge < -0.3 is 4.74 Å². The number of para-hydroxylation sites is 2. The number of rotatable bonds is 6. The third kappa shape index (κ3) is 4.04. The van der Waals surface area contributed by atoms with Crippen LogP contribution in [0.1, 0.15) is 12.5 Å². The van der Waals surface area contributed by atoms with E-state index in [0.29, 0.717) is 6.61 Å². The van der Waals surface area contributed by atoms with E-state index in [2.05, 4.69) is 75.1 Å². The van der Waals surface area contributed by atoms with Crippen LogP contribution in [0.4, 0.5) is 0 Å². The van der Waals surface area contributed by atoms with Crippen LogP contribution in [-0.4, -0.2) is 16.2 Å². The summed E-state index contributed by atoms with van der Waals surface area (Å²) in [6.45, 7) is 2.66. The van der Waals surface area contributed by atoms with Crippen LogP contribution in [0.3, 0.4) is 0 Å². The van der Waals surface area contributed by atoms with Crippen molar-refractivity contribution in [2.75, 3.05) is 6.61 Å². The highest BCUT2D eigenvalue weighted by Crippen LogP contribution is 2.31. The van der Waals surface area contributed by atoms with Gasteiger partial charge in [-0.25, -0.2) is 4.98 Å². The van der Waals surface area contributed by atoms with Crippen molar-refractivity contribution in [1.29, 1.82) is 0 Å². The molecule has 5 heteroatoms. The van der Waals surface area contributed by atoms with Crippen molar-refractivity contribution >= 4 is 38.7 Å². The van der Waals surface area contributed by atoms with Crippen molar-refractivity contribution in [3.63, 3.8) is 0 Å². The summed E-state index contributed by atoms with van der Waals surface area (Å²) in [4.78, 5) is 4.87. The fourth-order valence-electron chi connectivity index (χ4n) is 2.94. The highest BCUT2D eigenvalue weighted by atomic mass is 79.9. The predicted molar refractivity (Wildman–Crippen MR) is 116 cm³/mol. The first-order valence-corrected chi connectivity index (χ1v) is 10.6. The van der Waals surface area contributed by atoms with Crippen molar-refractivity contribution in [2.45, 2.75) is 17.8 Å². The molecule has 0 spiro atoms. The summed E-state index contributed by atoms with van der Waals surface area (Å²) >= 11 is 5.24. The van der Waals surface area contributed by atoms with Crippen LogP contribution in [0, 0.1) is 0 Å². The monoisotopic (exact) mass is 438 g/mol. The van der Waals surface area contributed by atoms with Crippen molar-refractivity contribution in [3.8, 4) is 11.4 Å². The second-order valence-corrected chi connectivity index (χ2v) is 7.92. The first-order valence-electron chi connectivity index (χ1n) is 8.82. The van der Waals surface area contributed by atoms with Gasteiger partial charge in [-0.2, -0.15) is 0 Å². The summed E-state index contributed by atoms with van der Waals surface area (Å²) in [5, 5.41) is 0.989. The van der Waals surface area contributed by atoms with Gasteiger partial charge in [0.05, 0.1) is 17.6 Å². The van der Waals surface area contributed by atoms with Crippen molar-refractivity contribution in [2.24, 2.45) is 0 Å². The molecular formula is C22H19BrN2OS. The van der Waals surface area contributed by atoms with Crippen LogP contribution in [-0.2, 0) is 5.75 Å². The van der Waals surface area contributed by atoms with E-state index in [1.165, 1.54) is 5.56 Å². The maximum absolute atomic E-state index is 5.58. The zero-order chi connectivity index (χ0) is 18.6. The lowest BCUT2D eigenvalue weighted by molar-refractivity contribution is 0.340. The molecule has 0 saturated carbocycles. The first kappa shape index (κ1) is 18.1. The molecule has 0 aliphatic rings. The van der Waals surface area contributed by atoms with E-state index in [9.17, 15) is 0 Å². The zero-order valence-electron chi connectivity index (χ0n) is 14.9. The Labute approximate surface area is 171 Å². The normalized spacial score (nSPS) is 11.0. The second-order valence-electron chi connectivity index (χ2n) is 6.06. The molecule has 0 bridgehead atoms. The topological polar surface area (TPSA) is 27.1 Å². The minimum absolute atomic E-state index is 0.668. The molecule has 1 heterocycles. The lowest BCUT2D eigenvalue weighted by atomic mass is 10.2. The summed E-state index contributed by atoms with van der Waals surface area (Å²) in [5.74, 6) is 1.75. The van der Waals surface area contributed by atoms with Crippen LogP contribution in [0.25, 0.3) is 16.7 Å². The van der Waals surface area contributed by atoms with E-state index in [-0.39, 0.29) is 0 Å². The van der Waals surface area contributed by atoms with E-state index in [0.717, 1.165) is 37.9 Å². The molecule has 27 heavy (non-hydrogen) atoms. The maximum Gasteiger partial charge on any atom is 0.174 e. The summed E-state index contributed by atoms with van der Waals surface area (Å²) in [7, 11) is 0. The smallest absolute Gasteiger partial charge is 0.174 e. The number of fused-ring (bicyclic) bond motifs is 1. The molecule has 0 radical (unpaired) electrons. The van der Waals surface area contributed by atoms with Gasteiger partial charge in [-0.05, 0) is 61.0 Å². The fraction of sp³-hybridized carbons (Fsp3) is 0.136. The van der Waals surface area contributed by atoms with Gasteiger partial charge in [-0.3, -0.25) is 4.57 Å². The molecule has 4 aromatic rings. The van der Waals surface area contributed by atoms with Gasteiger partial charge >= 0.3 is 0 Å². The molecule has 0 fully saturated rings. The molecule has 0 amide bonds. The van der Waals surface area contributed by atoms with Crippen molar-refractivity contribution in [3.05, 3.63) is 82.8 Å². The Bertz CT molecular complexity index is 1040. The van der Waals surface area contributed by atoms with E-state index < -0.39 is 0 Å². The van der Waals surface area contributed by atoms with Crippen LogP contribution in [0.15, 0.2) is 82.4 Å². The molecule has 3 nitrogen and oxygen atoms in total. The summed E-state index contributed by atoms with van der Waals surface area (Å²) in [6, 6.07) is 24.9. The Morgan fingerprint density at radius 2 is 1.70 bits per heavy atom. The Kier molecular flexibility index (Phi) is 5.50. The van der Waals surface area contributed by atoms with Gasteiger partial charge in [0.15, 0.2) is 5.16 Å². The van der Waals surface area contributed by atoms with Crippen LogP contribution >= 0.6 is 27.7 Å². The third-order valence-corrected chi connectivity index (χ3v) is 5.76. The molecule has 0 saturated heterocycles. The van der Waals surface area contributed by atoms with Gasteiger partial charge in [0.25, 0.3) is 0 Å². The molecule has 3 aromatic carbocycles. The average Bonchev–Trinajstić information content (AvgIpc) is 3.07. The molecular weight excluding hydrogens is 420 g/mol. The largest absolute Gasteiger partial charge is 0.494 e. The Hall–Kier alpha value is -2.24. The summed E-state index contributed by atoms with van der Waals surface area (Å²) in [5.41, 5.74) is 4.48. The minimum atomic E-state index is 0.668. The lowest BCUT2D eigenvalue weighted by Crippen LogP contribution is -1.97. The molecule has 136 valence electrons. The van der Waals surface area contributed by atoms with Gasteiger partial charge in [-0.15, -0.1) is 0 Å². The molecule has 1 aromatic heterocycles. The number of hydrogen-bond donors (Lipinski definition) is 0. The molecule has 0 N–H and O–H groups in total. The standard InChI is InChI=1S/C22H19BrN2OS/c1-2-26-19-13-11-18(12-14-19)25-21-6-4-3-5-20(21)24-22(25)27-15-16-7-9-17(23)10-8-16/h3-14H,2,15H2,1H3. The predicted octanol–water partition coefficient (Wildman–Crippen LogP) is 6.48. The number of ether oxygens (including phenoxy) is 1. The lowest BCUT2D eigenvalue weighted by Gasteiger charge is -2.10. The number of nitrogens with zero attached hydrogens (tertiary/aromatic N) is 2. The van der Waals surface area contributed by atoms with E-state index in [1.54, 1.807) is 11.8 Å². The fourth-order valence-corrected chi connectivity index (χ4v) is 4.19. The van der Waals surface area contributed by atoms with Gasteiger partial charge in [-0.1, -0.05) is 52.0 Å². The Balaban J connectivity index is 1.69. The number of hydrogen-bond acceptors (Lipinski definition) is 3. The number of halogens is 1. The molecule has 0 aliphatic heterocycles. The SMILES string of the molecule is CCOc1ccc(-n2c(SCc3ccc(Br)cc3)nc3ccccc32)cc1. The van der Waals surface area contributed by atoms with Crippen molar-refractivity contribution in [1.82, 2.24) is 9.55 Å². The third-order valence-electron chi connectivity index (χ3n) is 4.22. The molecule has 0 atom stereocenters. The van der Waals surface area contributed by atoms with Gasteiger partial charge in [0, 0.05) is 15.9 Å². The van der Waals surface area contributed by atoms with Gasteiger partial charge in [0.1, 0.15) is 5.75 Å². The van der Waals surface area contributed by atoms with Crippen LogP contribution in [0.5, 0.6) is 5.75 Å². The van der Waals surface area contributed by atoms with E-state index in [1.807, 2.05) is 25.1 Å². The van der Waals surface area contributed by atoms with Crippen molar-refractivity contribution < 1.29 is 4.74 Å². The number of aromatic nitrogens is 2. The first-order chi connectivity index (χ1) is 13.2. The average molecular weight is 439 g/mol. The summed E-state index contributed by atoms with van der Waals surface area (Å²) < 4.78 is 8.89. The minimum Gasteiger partial charge on any atom is -0.494 e. The maximum atomic E-state index is 5.58. The van der Waals surface area contributed by atoms with E-state index in [4.69, 9.17) is 9.72 Å². The van der Waals surface area contributed by atoms with E-state index >= 15 is 0 Å². The molecule has 4 rings (SSSR count). The zero-order valence-corrected chi connectivity index (χ0v) is 17.3. The Morgan fingerprint density at radius 1 is 0.963 bits per heavy atom. The number of benzene rings is 3. The van der Waals surface area contributed by atoms with Crippen LogP contribution in [0.2, 0.25) is 0 Å². The highest BCUT2D eigenvalue weighted by molar-refractivity contribution is 9.10. The van der Waals surface area contributed by atoms with Gasteiger partial charge in [0.2, 0.25) is 0 Å². The Morgan fingerprint density at radius 3 is 2.44 bits per heavy atom. The number of imidazole rings is 1. The highest BCUT2D eigenvalue weighted by Gasteiger charge is 2.13. The second kappa shape index (κ2) is 8.19.